The lowest BCUT2D eigenvalue weighted by Gasteiger charge is -2.28. The first-order chi connectivity index (χ1) is 15.9. The Balaban J connectivity index is 1.74. The molecule has 0 N–H and O–H groups in total. The van der Waals surface area contributed by atoms with Crippen LogP contribution in [0.25, 0.3) is 10.9 Å². The van der Waals surface area contributed by atoms with Crippen molar-refractivity contribution >= 4 is 39.4 Å². The molecule has 8 heteroatoms. The van der Waals surface area contributed by atoms with Crippen molar-refractivity contribution in [3.63, 3.8) is 0 Å². The topological polar surface area (TPSA) is 76.7 Å². The molecular weight excluding hydrogens is 436 g/mol. The second-order valence-corrected chi connectivity index (χ2v) is 9.35. The summed E-state index contributed by atoms with van der Waals surface area (Å²) in [6.07, 6.45) is 0.853. The number of hydrogen-bond acceptors (Lipinski definition) is 5. The van der Waals surface area contributed by atoms with Crippen LogP contribution in [0, 0.1) is 0 Å². The summed E-state index contributed by atoms with van der Waals surface area (Å²) in [6.45, 7) is 6.64. The van der Waals surface area contributed by atoms with Gasteiger partial charge in [-0.3, -0.25) is 23.6 Å². The monoisotopic (exact) mass is 464 g/mol. The van der Waals surface area contributed by atoms with Crippen molar-refractivity contribution in [3.05, 3.63) is 74.9 Å². The fourth-order valence-corrected chi connectivity index (χ4v) is 5.06. The van der Waals surface area contributed by atoms with E-state index >= 15 is 0 Å². The number of carbonyl (C=O) groups is 1. The number of fused-ring (bicyclic) bond motifs is 1. The van der Waals surface area contributed by atoms with Crippen LogP contribution in [0.3, 0.4) is 0 Å². The Morgan fingerprint density at radius 3 is 2.55 bits per heavy atom. The highest BCUT2D eigenvalue weighted by atomic mass is 32.2. The highest BCUT2D eigenvalue weighted by Gasteiger charge is 2.26. The minimum absolute atomic E-state index is 0.148. The molecule has 172 valence electrons. The summed E-state index contributed by atoms with van der Waals surface area (Å²) in [7, 11) is 0. The van der Waals surface area contributed by atoms with Gasteiger partial charge in [0, 0.05) is 18.8 Å². The number of amidine groups is 1. The van der Waals surface area contributed by atoms with Crippen molar-refractivity contribution in [3.8, 4) is 0 Å². The lowest BCUT2D eigenvalue weighted by atomic mass is 10.0. The lowest BCUT2D eigenvalue weighted by Crippen LogP contribution is -2.45. The van der Waals surface area contributed by atoms with E-state index in [2.05, 4.69) is 19.9 Å². The number of benzene rings is 2. The Hall–Kier alpha value is -3.13. The molecule has 0 atom stereocenters. The molecule has 1 fully saturated rings. The third-order valence-corrected chi connectivity index (χ3v) is 6.87. The Kier molecular flexibility index (Phi) is 6.83. The zero-order valence-corrected chi connectivity index (χ0v) is 20.0. The van der Waals surface area contributed by atoms with E-state index in [4.69, 9.17) is 4.99 Å². The van der Waals surface area contributed by atoms with Gasteiger partial charge in [-0.05, 0) is 43.0 Å². The van der Waals surface area contributed by atoms with Crippen LogP contribution in [-0.2, 0) is 17.9 Å². The summed E-state index contributed by atoms with van der Waals surface area (Å²) in [5.41, 5.74) is 1.65. The molecule has 1 aromatic heterocycles. The highest BCUT2D eigenvalue weighted by Crippen LogP contribution is 2.29. The lowest BCUT2D eigenvalue weighted by molar-refractivity contribution is -0.127. The van der Waals surface area contributed by atoms with Gasteiger partial charge in [-0.2, -0.15) is 0 Å². The molecule has 1 aliphatic rings. The summed E-state index contributed by atoms with van der Waals surface area (Å²) < 4.78 is 2.58. The highest BCUT2D eigenvalue weighted by molar-refractivity contribution is 8.13. The number of para-hydroxylation sites is 2. The van der Waals surface area contributed by atoms with Gasteiger partial charge < -0.3 is 0 Å². The molecule has 4 rings (SSSR count). The molecule has 2 aromatic carbocycles. The number of rotatable bonds is 5. The molecule has 0 unspecified atom stereocenters. The molecule has 7 nitrogen and oxygen atoms in total. The zero-order chi connectivity index (χ0) is 23.5. The molecule has 3 aromatic rings. The quantitative estimate of drug-likeness (QED) is 0.573. The molecule has 0 spiro atoms. The third kappa shape index (κ3) is 4.53. The number of carbonyl (C=O) groups excluding carboxylic acids is 1. The Bertz CT molecular complexity index is 1340. The van der Waals surface area contributed by atoms with Crippen molar-refractivity contribution < 1.29 is 4.79 Å². The van der Waals surface area contributed by atoms with Crippen LogP contribution in [0.4, 0.5) is 5.69 Å². The zero-order valence-electron chi connectivity index (χ0n) is 19.2. The molecule has 1 amide bonds. The van der Waals surface area contributed by atoms with Crippen LogP contribution in [0.15, 0.2) is 63.1 Å². The summed E-state index contributed by atoms with van der Waals surface area (Å²) >= 11 is 1.56. The van der Waals surface area contributed by atoms with Gasteiger partial charge in [-0.1, -0.05) is 55.9 Å². The third-order valence-electron chi connectivity index (χ3n) is 5.81. The minimum atomic E-state index is -0.470. The van der Waals surface area contributed by atoms with Gasteiger partial charge in [0.15, 0.2) is 5.17 Å². The van der Waals surface area contributed by atoms with Gasteiger partial charge in [0.25, 0.3) is 5.56 Å². The van der Waals surface area contributed by atoms with Gasteiger partial charge in [0.05, 0.1) is 16.6 Å². The van der Waals surface area contributed by atoms with E-state index in [9.17, 15) is 14.4 Å². The summed E-state index contributed by atoms with van der Waals surface area (Å²) in [6, 6.07) is 14.9. The fraction of sp³-hybridized carbons (Fsp3) is 0.360. The van der Waals surface area contributed by atoms with Crippen LogP contribution < -0.4 is 11.2 Å². The first kappa shape index (κ1) is 23.0. The molecule has 2 heterocycles. The number of aromatic nitrogens is 2. The first-order valence-corrected chi connectivity index (χ1v) is 12.2. The standard InChI is InChI=1S/C25H28N4O3S/c1-4-27-23(31)19-11-6-8-13-21(19)29(25(27)32)16-22(30)28-14-9-15-33-24(28)26-20-12-7-5-10-18(20)17(2)3/h5-8,10-13,17H,4,9,14-16H2,1-3H3. The van der Waals surface area contributed by atoms with Crippen molar-refractivity contribution in [2.45, 2.75) is 46.2 Å². The largest absolute Gasteiger partial charge is 0.331 e. The van der Waals surface area contributed by atoms with Gasteiger partial charge in [0.2, 0.25) is 5.91 Å². The predicted molar refractivity (Wildman–Crippen MR) is 135 cm³/mol. The van der Waals surface area contributed by atoms with Gasteiger partial charge in [-0.15, -0.1) is 0 Å². The Morgan fingerprint density at radius 2 is 1.79 bits per heavy atom. The van der Waals surface area contributed by atoms with Crippen molar-refractivity contribution in [2.75, 3.05) is 12.3 Å². The van der Waals surface area contributed by atoms with Gasteiger partial charge >= 0.3 is 5.69 Å². The van der Waals surface area contributed by atoms with Crippen LogP contribution in [0.2, 0.25) is 0 Å². The van der Waals surface area contributed by atoms with E-state index in [1.807, 2.05) is 18.2 Å². The summed E-state index contributed by atoms with van der Waals surface area (Å²) in [5.74, 6) is 0.982. The van der Waals surface area contributed by atoms with Gasteiger partial charge in [-0.25, -0.2) is 9.79 Å². The fourth-order valence-electron chi connectivity index (χ4n) is 4.09. The molecule has 0 aliphatic carbocycles. The normalized spacial score (nSPS) is 15.5. The number of hydrogen-bond donors (Lipinski definition) is 0. The maximum atomic E-state index is 13.5. The van der Waals surface area contributed by atoms with Crippen LogP contribution in [0.1, 0.15) is 38.7 Å². The van der Waals surface area contributed by atoms with Gasteiger partial charge in [0.1, 0.15) is 6.54 Å². The van der Waals surface area contributed by atoms with Crippen LogP contribution in [-0.4, -0.2) is 37.4 Å². The number of aliphatic imine (C=N–C) groups is 1. The average molecular weight is 465 g/mol. The average Bonchev–Trinajstić information content (AvgIpc) is 2.82. The van der Waals surface area contributed by atoms with E-state index < -0.39 is 5.69 Å². The molecular formula is C25H28N4O3S. The van der Waals surface area contributed by atoms with Crippen molar-refractivity contribution in [1.29, 1.82) is 0 Å². The number of nitrogens with zero attached hydrogens (tertiary/aromatic N) is 4. The van der Waals surface area contributed by atoms with Crippen molar-refractivity contribution in [2.24, 2.45) is 4.99 Å². The predicted octanol–water partition coefficient (Wildman–Crippen LogP) is 3.96. The number of thioether (sulfide) groups is 1. The van der Waals surface area contributed by atoms with E-state index in [0.717, 1.165) is 23.4 Å². The van der Waals surface area contributed by atoms with Crippen LogP contribution in [0.5, 0.6) is 0 Å². The Morgan fingerprint density at radius 1 is 1.06 bits per heavy atom. The SMILES string of the molecule is CCn1c(=O)c2ccccc2n(CC(=O)N2CCCSC2=Nc2ccccc2C(C)C)c1=O. The van der Waals surface area contributed by atoms with E-state index in [1.165, 1.54) is 9.13 Å². The maximum absolute atomic E-state index is 13.5. The van der Waals surface area contributed by atoms with E-state index in [-0.39, 0.29) is 24.6 Å². The summed E-state index contributed by atoms with van der Waals surface area (Å²) in [4.78, 5) is 45.7. The smallest absolute Gasteiger partial charge is 0.290 e. The second-order valence-electron chi connectivity index (χ2n) is 8.29. The van der Waals surface area contributed by atoms with Crippen molar-refractivity contribution in [1.82, 2.24) is 14.0 Å². The molecule has 0 radical (unpaired) electrons. The minimum Gasteiger partial charge on any atom is -0.290 e. The molecule has 33 heavy (non-hydrogen) atoms. The maximum Gasteiger partial charge on any atom is 0.331 e. The molecule has 0 saturated carbocycles. The second kappa shape index (κ2) is 9.79. The number of amides is 1. The molecule has 0 bridgehead atoms. The molecule has 1 aliphatic heterocycles. The van der Waals surface area contributed by atoms with E-state index in [1.54, 1.807) is 47.9 Å². The first-order valence-electron chi connectivity index (χ1n) is 11.3. The van der Waals surface area contributed by atoms with E-state index in [0.29, 0.717) is 28.5 Å². The molecule has 1 saturated heterocycles. The Labute approximate surface area is 196 Å². The summed E-state index contributed by atoms with van der Waals surface area (Å²) in [5, 5.41) is 1.08. The van der Waals surface area contributed by atoms with Crippen LogP contribution >= 0.6 is 11.8 Å².